The Bertz CT molecular complexity index is 962. The van der Waals surface area contributed by atoms with Gasteiger partial charge in [-0.1, -0.05) is 5.10 Å². The van der Waals surface area contributed by atoms with Gasteiger partial charge in [0.15, 0.2) is 0 Å². The van der Waals surface area contributed by atoms with Gasteiger partial charge in [-0.15, -0.1) is 5.10 Å². The minimum absolute atomic E-state index is 0.0328. The first kappa shape index (κ1) is 17.4. The molecule has 1 saturated heterocycles. The highest BCUT2D eigenvalue weighted by Crippen LogP contribution is 2.28. The Hall–Kier alpha value is -3.00. The quantitative estimate of drug-likeness (QED) is 0.731. The fourth-order valence-electron chi connectivity index (χ4n) is 3.23. The first-order valence-electron chi connectivity index (χ1n) is 9.03. The first-order chi connectivity index (χ1) is 13.1. The topological polar surface area (TPSA) is 96.2 Å². The summed E-state index contributed by atoms with van der Waals surface area (Å²) in [4.78, 5) is 18.7. The van der Waals surface area contributed by atoms with Crippen molar-refractivity contribution in [1.82, 2.24) is 20.5 Å². The standard InChI is InChI=1S/C19H22N6O2/c1-25(2)19-24-23-18(27-19)14-3-4-15-13(11-14)7-10-21-16(15)22-17(26)12-5-8-20-9-6-12/h3-4,7,10-12,20H,5-6,8-9H2,1-2H3,(H,21,22,26). The molecule has 3 heterocycles. The van der Waals surface area contributed by atoms with Gasteiger partial charge in [0.05, 0.1) is 0 Å². The van der Waals surface area contributed by atoms with Crippen LogP contribution in [-0.4, -0.2) is 48.3 Å². The van der Waals surface area contributed by atoms with E-state index in [1.165, 1.54) is 0 Å². The molecule has 0 saturated carbocycles. The second-order valence-electron chi connectivity index (χ2n) is 6.89. The van der Waals surface area contributed by atoms with Crippen molar-refractivity contribution < 1.29 is 9.21 Å². The molecule has 2 N–H and O–H groups in total. The zero-order valence-corrected chi connectivity index (χ0v) is 15.4. The molecule has 0 radical (unpaired) electrons. The molecule has 1 amide bonds. The van der Waals surface area contributed by atoms with Gasteiger partial charge in [-0.25, -0.2) is 4.98 Å². The van der Waals surface area contributed by atoms with Crippen LogP contribution in [0.5, 0.6) is 0 Å². The number of aromatic nitrogens is 3. The monoisotopic (exact) mass is 366 g/mol. The van der Waals surface area contributed by atoms with Gasteiger partial charge in [-0.05, 0) is 55.6 Å². The molecule has 0 aliphatic carbocycles. The maximum absolute atomic E-state index is 12.5. The van der Waals surface area contributed by atoms with Crippen molar-refractivity contribution in [3.05, 3.63) is 30.5 Å². The summed E-state index contributed by atoms with van der Waals surface area (Å²) in [6, 6.07) is 8.15. The number of pyridine rings is 1. The van der Waals surface area contributed by atoms with Gasteiger partial charge in [0.25, 0.3) is 0 Å². The number of hydrogen-bond acceptors (Lipinski definition) is 7. The summed E-state index contributed by atoms with van der Waals surface area (Å²) in [5, 5.41) is 16.2. The number of nitrogens with zero attached hydrogens (tertiary/aromatic N) is 4. The number of carbonyl (C=O) groups is 1. The summed E-state index contributed by atoms with van der Waals surface area (Å²) in [7, 11) is 3.70. The van der Waals surface area contributed by atoms with E-state index in [1.807, 2.05) is 38.4 Å². The van der Waals surface area contributed by atoms with Gasteiger partial charge < -0.3 is 20.0 Å². The molecule has 27 heavy (non-hydrogen) atoms. The highest BCUT2D eigenvalue weighted by molar-refractivity contribution is 6.02. The lowest BCUT2D eigenvalue weighted by molar-refractivity contribution is -0.120. The number of nitrogens with one attached hydrogen (secondary N) is 2. The van der Waals surface area contributed by atoms with Crippen LogP contribution in [0.25, 0.3) is 22.2 Å². The van der Waals surface area contributed by atoms with E-state index >= 15 is 0 Å². The van der Waals surface area contributed by atoms with Crippen LogP contribution in [0.2, 0.25) is 0 Å². The molecule has 3 aromatic rings. The minimum Gasteiger partial charge on any atom is -0.403 e. The van der Waals surface area contributed by atoms with E-state index in [0.29, 0.717) is 17.7 Å². The number of hydrogen-bond donors (Lipinski definition) is 2. The molecular formula is C19H22N6O2. The predicted octanol–water partition coefficient (Wildman–Crippen LogP) is 2.29. The van der Waals surface area contributed by atoms with Gasteiger partial charge >= 0.3 is 6.01 Å². The van der Waals surface area contributed by atoms with Crippen LogP contribution in [0.4, 0.5) is 11.8 Å². The molecule has 1 aliphatic heterocycles. The van der Waals surface area contributed by atoms with Crippen molar-refractivity contribution in [1.29, 1.82) is 0 Å². The van der Waals surface area contributed by atoms with Crippen LogP contribution in [0, 0.1) is 5.92 Å². The van der Waals surface area contributed by atoms with Crippen molar-refractivity contribution in [3.8, 4) is 11.5 Å². The zero-order valence-electron chi connectivity index (χ0n) is 15.4. The van der Waals surface area contributed by atoms with Crippen LogP contribution >= 0.6 is 0 Å². The lowest BCUT2D eigenvalue weighted by atomic mass is 9.97. The summed E-state index contributed by atoms with van der Waals surface area (Å²) in [5.41, 5.74) is 0.824. The Labute approximate surface area is 157 Å². The van der Waals surface area contributed by atoms with E-state index in [2.05, 4.69) is 25.8 Å². The van der Waals surface area contributed by atoms with Crippen LogP contribution in [-0.2, 0) is 4.79 Å². The Morgan fingerprint density at radius 2 is 2.04 bits per heavy atom. The summed E-state index contributed by atoms with van der Waals surface area (Å²) < 4.78 is 5.67. The molecule has 8 nitrogen and oxygen atoms in total. The SMILES string of the molecule is CN(C)c1nnc(-c2ccc3c(NC(=O)C4CCNCC4)nccc3c2)o1. The lowest BCUT2D eigenvalue weighted by Gasteiger charge is -2.21. The molecule has 1 fully saturated rings. The van der Waals surface area contributed by atoms with Crippen molar-refractivity contribution >= 4 is 28.5 Å². The maximum atomic E-state index is 12.5. The zero-order chi connectivity index (χ0) is 18.8. The third-order valence-corrected chi connectivity index (χ3v) is 4.76. The third kappa shape index (κ3) is 3.61. The van der Waals surface area contributed by atoms with Crippen LogP contribution in [0.15, 0.2) is 34.9 Å². The number of benzene rings is 1. The second kappa shape index (κ2) is 7.32. The smallest absolute Gasteiger partial charge is 0.317 e. The van der Waals surface area contributed by atoms with E-state index in [1.54, 1.807) is 11.1 Å². The van der Waals surface area contributed by atoms with Crippen molar-refractivity contribution in [2.45, 2.75) is 12.8 Å². The van der Waals surface area contributed by atoms with Gasteiger partial charge in [-0.2, -0.15) is 0 Å². The fraction of sp³-hybridized carbons (Fsp3) is 0.368. The maximum Gasteiger partial charge on any atom is 0.317 e. The predicted molar refractivity (Wildman–Crippen MR) is 104 cm³/mol. The van der Waals surface area contributed by atoms with E-state index in [0.717, 1.165) is 42.3 Å². The number of piperidine rings is 1. The summed E-state index contributed by atoms with van der Waals surface area (Å²) in [6.45, 7) is 1.76. The minimum atomic E-state index is 0.0328. The molecule has 1 aliphatic rings. The normalized spacial score (nSPS) is 15.0. The van der Waals surface area contributed by atoms with Crippen LogP contribution in [0.3, 0.4) is 0 Å². The Morgan fingerprint density at radius 1 is 1.22 bits per heavy atom. The van der Waals surface area contributed by atoms with E-state index in [-0.39, 0.29) is 11.8 Å². The first-order valence-corrected chi connectivity index (χ1v) is 9.03. The van der Waals surface area contributed by atoms with Crippen molar-refractivity contribution in [2.24, 2.45) is 5.92 Å². The number of fused-ring (bicyclic) bond motifs is 1. The largest absolute Gasteiger partial charge is 0.403 e. The Morgan fingerprint density at radius 3 is 2.78 bits per heavy atom. The lowest BCUT2D eigenvalue weighted by Crippen LogP contribution is -2.34. The molecule has 8 heteroatoms. The summed E-state index contributed by atoms with van der Waals surface area (Å²) >= 11 is 0. The molecule has 0 unspecified atom stereocenters. The van der Waals surface area contributed by atoms with Gasteiger partial charge in [0, 0.05) is 37.2 Å². The van der Waals surface area contributed by atoms with Crippen molar-refractivity contribution in [3.63, 3.8) is 0 Å². The summed E-state index contributed by atoms with van der Waals surface area (Å²) in [5.74, 6) is 1.11. The van der Waals surface area contributed by atoms with Gasteiger partial charge in [0.2, 0.25) is 11.8 Å². The second-order valence-corrected chi connectivity index (χ2v) is 6.89. The number of amides is 1. The number of carbonyl (C=O) groups excluding carboxylic acids is 1. The number of rotatable bonds is 4. The van der Waals surface area contributed by atoms with E-state index in [9.17, 15) is 4.79 Å². The molecule has 0 atom stereocenters. The fourth-order valence-corrected chi connectivity index (χ4v) is 3.23. The third-order valence-electron chi connectivity index (χ3n) is 4.76. The Balaban J connectivity index is 1.60. The van der Waals surface area contributed by atoms with Crippen LogP contribution < -0.4 is 15.5 Å². The molecule has 1 aromatic carbocycles. The Kier molecular flexibility index (Phi) is 4.72. The highest BCUT2D eigenvalue weighted by atomic mass is 16.4. The average Bonchev–Trinajstić information content (AvgIpc) is 3.19. The average molecular weight is 366 g/mol. The highest BCUT2D eigenvalue weighted by Gasteiger charge is 2.22. The van der Waals surface area contributed by atoms with Gasteiger partial charge in [-0.3, -0.25) is 4.79 Å². The van der Waals surface area contributed by atoms with Crippen LogP contribution in [0.1, 0.15) is 12.8 Å². The molecule has 0 spiro atoms. The van der Waals surface area contributed by atoms with E-state index in [4.69, 9.17) is 4.42 Å². The number of anilines is 2. The molecule has 2 aromatic heterocycles. The summed E-state index contributed by atoms with van der Waals surface area (Å²) in [6.07, 6.45) is 3.40. The molecule has 140 valence electrons. The molecular weight excluding hydrogens is 344 g/mol. The van der Waals surface area contributed by atoms with E-state index < -0.39 is 0 Å². The van der Waals surface area contributed by atoms with Gasteiger partial charge in [0.1, 0.15) is 5.82 Å². The molecule has 0 bridgehead atoms. The molecule has 4 rings (SSSR count). The van der Waals surface area contributed by atoms with Crippen molar-refractivity contribution in [2.75, 3.05) is 37.4 Å².